The van der Waals surface area contributed by atoms with Crippen LogP contribution >= 0.6 is 0 Å². The third-order valence-corrected chi connectivity index (χ3v) is 1.71. The lowest BCUT2D eigenvalue weighted by Gasteiger charge is -1.87. The second kappa shape index (κ2) is 2.86. The number of hydrogen-bond acceptors (Lipinski definition) is 0. The zero-order valence-electron chi connectivity index (χ0n) is 6.28. The molecule has 0 saturated carbocycles. The molecule has 0 aromatic heterocycles. The molecule has 0 amide bonds. The maximum Gasteiger partial charge on any atom is -0.0245 e. The maximum absolute atomic E-state index is 2.32. The summed E-state index contributed by atoms with van der Waals surface area (Å²) in [7, 11) is 0. The molecule has 0 atom stereocenters. The molecule has 0 fully saturated rings. The van der Waals surface area contributed by atoms with Crippen LogP contribution in [-0.2, 0) is 0 Å². The summed E-state index contributed by atoms with van der Waals surface area (Å²) in [6, 6.07) is 0. The van der Waals surface area contributed by atoms with Gasteiger partial charge in [0.2, 0.25) is 0 Å². The molecule has 0 aromatic carbocycles. The second-order valence-electron chi connectivity index (χ2n) is 2.68. The fourth-order valence-electron chi connectivity index (χ4n) is 1.23. The number of hydrogen-bond donors (Lipinski definition) is 0. The topological polar surface area (TPSA) is 0 Å². The lowest BCUT2D eigenvalue weighted by atomic mass is 10.2. The summed E-state index contributed by atoms with van der Waals surface area (Å²) in [6.07, 6.45) is 8.37. The van der Waals surface area contributed by atoms with Gasteiger partial charge in [0, 0.05) is 0 Å². The van der Waals surface area contributed by atoms with Crippen molar-refractivity contribution in [3.05, 3.63) is 23.3 Å². The Labute approximate surface area is 57.3 Å². The Morgan fingerprint density at radius 3 is 2.78 bits per heavy atom. The molecule has 9 heavy (non-hydrogen) atoms. The van der Waals surface area contributed by atoms with Gasteiger partial charge in [0.05, 0.1) is 0 Å². The molecule has 0 nitrogen and oxygen atoms in total. The zero-order chi connectivity index (χ0) is 6.69. The van der Waals surface area contributed by atoms with E-state index in [1.165, 1.54) is 30.4 Å². The minimum absolute atomic E-state index is 1.18. The highest BCUT2D eigenvalue weighted by molar-refractivity contribution is 5.29. The molecule has 0 aliphatic heterocycles. The molecular formula is C9H14. The third-order valence-electron chi connectivity index (χ3n) is 1.71. The fourth-order valence-corrected chi connectivity index (χ4v) is 1.23. The van der Waals surface area contributed by atoms with Crippen LogP contribution in [0.3, 0.4) is 0 Å². The van der Waals surface area contributed by atoms with Crippen LogP contribution in [-0.4, -0.2) is 0 Å². The first-order valence-corrected chi connectivity index (χ1v) is 3.69. The first-order chi connectivity index (χ1) is 4.33. The van der Waals surface area contributed by atoms with Gasteiger partial charge in [0.15, 0.2) is 0 Å². The van der Waals surface area contributed by atoms with Gasteiger partial charge >= 0.3 is 0 Å². The standard InChI is InChI=1S/C9H14/c1-3-4-9-6-5-8(2)7-9/h4,7H,3,5-6H2,1-2H3. The average Bonchev–Trinajstić information content (AvgIpc) is 2.17. The second-order valence-corrected chi connectivity index (χ2v) is 2.68. The summed E-state index contributed by atoms with van der Waals surface area (Å²) in [6.45, 7) is 4.39. The lowest BCUT2D eigenvalue weighted by molar-refractivity contribution is 0.998. The molecule has 0 heterocycles. The van der Waals surface area contributed by atoms with Crippen molar-refractivity contribution in [2.75, 3.05) is 0 Å². The van der Waals surface area contributed by atoms with Crippen LogP contribution in [0.1, 0.15) is 33.1 Å². The van der Waals surface area contributed by atoms with Crippen LogP contribution in [0.2, 0.25) is 0 Å². The van der Waals surface area contributed by atoms with Gasteiger partial charge in [-0.25, -0.2) is 0 Å². The van der Waals surface area contributed by atoms with E-state index in [1.807, 2.05) is 0 Å². The highest BCUT2D eigenvalue weighted by Gasteiger charge is 2.02. The third kappa shape index (κ3) is 1.70. The van der Waals surface area contributed by atoms with Crippen molar-refractivity contribution < 1.29 is 0 Å². The van der Waals surface area contributed by atoms with Gasteiger partial charge in [0.25, 0.3) is 0 Å². The van der Waals surface area contributed by atoms with E-state index in [2.05, 4.69) is 26.0 Å². The minimum atomic E-state index is 1.18. The lowest BCUT2D eigenvalue weighted by Crippen LogP contribution is -1.67. The van der Waals surface area contributed by atoms with Gasteiger partial charge in [-0.15, -0.1) is 0 Å². The van der Waals surface area contributed by atoms with Gasteiger partial charge in [0.1, 0.15) is 0 Å². The number of allylic oxidation sites excluding steroid dienone is 4. The molecule has 0 N–H and O–H groups in total. The number of rotatable bonds is 1. The molecule has 0 aromatic rings. The molecule has 1 aliphatic carbocycles. The monoisotopic (exact) mass is 122 g/mol. The first kappa shape index (κ1) is 6.60. The molecule has 0 radical (unpaired) electrons. The Hall–Kier alpha value is -0.520. The molecule has 0 saturated heterocycles. The van der Waals surface area contributed by atoms with Gasteiger partial charge in [-0.05, 0) is 26.2 Å². The summed E-state index contributed by atoms with van der Waals surface area (Å²) in [5.41, 5.74) is 3.07. The van der Waals surface area contributed by atoms with Crippen LogP contribution in [0.25, 0.3) is 0 Å². The van der Waals surface area contributed by atoms with Crippen molar-refractivity contribution in [1.29, 1.82) is 0 Å². The van der Waals surface area contributed by atoms with Gasteiger partial charge < -0.3 is 0 Å². The van der Waals surface area contributed by atoms with E-state index >= 15 is 0 Å². The van der Waals surface area contributed by atoms with Crippen molar-refractivity contribution in [2.45, 2.75) is 33.1 Å². The van der Waals surface area contributed by atoms with Crippen LogP contribution in [0, 0.1) is 0 Å². The van der Waals surface area contributed by atoms with E-state index in [-0.39, 0.29) is 0 Å². The first-order valence-electron chi connectivity index (χ1n) is 3.69. The van der Waals surface area contributed by atoms with Gasteiger partial charge in [-0.3, -0.25) is 0 Å². The quantitative estimate of drug-likeness (QED) is 0.501. The average molecular weight is 122 g/mol. The fraction of sp³-hybridized carbons (Fsp3) is 0.556. The van der Waals surface area contributed by atoms with Crippen LogP contribution in [0.4, 0.5) is 0 Å². The summed E-state index contributed by atoms with van der Waals surface area (Å²) in [5.74, 6) is 0. The molecule has 0 bridgehead atoms. The van der Waals surface area contributed by atoms with Crippen LogP contribution in [0.15, 0.2) is 23.3 Å². The predicted molar refractivity (Wildman–Crippen MR) is 41.4 cm³/mol. The summed E-state index contributed by atoms with van der Waals surface area (Å²) >= 11 is 0. The van der Waals surface area contributed by atoms with Crippen LogP contribution < -0.4 is 0 Å². The van der Waals surface area contributed by atoms with E-state index in [1.54, 1.807) is 0 Å². The Morgan fingerprint density at radius 2 is 2.33 bits per heavy atom. The van der Waals surface area contributed by atoms with Crippen molar-refractivity contribution in [2.24, 2.45) is 0 Å². The Kier molecular flexibility index (Phi) is 2.10. The Morgan fingerprint density at radius 1 is 1.56 bits per heavy atom. The normalized spacial score (nSPS) is 22.9. The summed E-state index contributed by atoms with van der Waals surface area (Å²) < 4.78 is 0. The molecule has 50 valence electrons. The molecular weight excluding hydrogens is 108 g/mol. The Balaban J connectivity index is 2.57. The zero-order valence-corrected chi connectivity index (χ0v) is 6.28. The molecule has 0 unspecified atom stereocenters. The van der Waals surface area contributed by atoms with Crippen molar-refractivity contribution >= 4 is 0 Å². The van der Waals surface area contributed by atoms with E-state index in [0.29, 0.717) is 0 Å². The summed E-state index contributed by atoms with van der Waals surface area (Å²) in [5, 5.41) is 0. The smallest absolute Gasteiger partial charge is 0.0245 e. The minimum Gasteiger partial charge on any atom is -0.0816 e. The molecule has 1 rings (SSSR count). The molecule has 0 heteroatoms. The highest BCUT2D eigenvalue weighted by Crippen LogP contribution is 2.22. The van der Waals surface area contributed by atoms with E-state index in [0.717, 1.165) is 0 Å². The van der Waals surface area contributed by atoms with Crippen molar-refractivity contribution in [1.82, 2.24) is 0 Å². The molecule has 1 aliphatic rings. The van der Waals surface area contributed by atoms with Crippen molar-refractivity contribution in [3.63, 3.8) is 0 Å². The molecule has 0 spiro atoms. The van der Waals surface area contributed by atoms with Gasteiger partial charge in [-0.1, -0.05) is 30.2 Å². The maximum atomic E-state index is 2.32. The largest absolute Gasteiger partial charge is 0.0816 e. The van der Waals surface area contributed by atoms with E-state index < -0.39 is 0 Å². The highest BCUT2D eigenvalue weighted by atomic mass is 14.1. The van der Waals surface area contributed by atoms with Crippen LogP contribution in [0.5, 0.6) is 0 Å². The summed E-state index contributed by atoms with van der Waals surface area (Å²) in [4.78, 5) is 0. The van der Waals surface area contributed by atoms with E-state index in [4.69, 9.17) is 0 Å². The Bertz CT molecular complexity index is 149. The van der Waals surface area contributed by atoms with E-state index in [9.17, 15) is 0 Å². The van der Waals surface area contributed by atoms with Gasteiger partial charge in [-0.2, -0.15) is 0 Å². The SMILES string of the molecule is CCC=C1C=C(C)CC1. The van der Waals surface area contributed by atoms with Crippen molar-refractivity contribution in [3.8, 4) is 0 Å². The predicted octanol–water partition coefficient (Wildman–Crippen LogP) is 3.06.